The number of likely N-dealkylation sites (N-methyl/N-ethyl adjacent to an activating group) is 1. The summed E-state index contributed by atoms with van der Waals surface area (Å²) in [6, 6.07) is 9.12. The molecule has 1 atom stereocenters. The van der Waals surface area contributed by atoms with Crippen LogP contribution in [0.4, 0.5) is 0 Å². The van der Waals surface area contributed by atoms with E-state index in [1.807, 2.05) is 23.7 Å². The molecule has 0 bridgehead atoms. The van der Waals surface area contributed by atoms with E-state index in [1.54, 1.807) is 0 Å². The van der Waals surface area contributed by atoms with Crippen LogP contribution in [-0.2, 0) is 12.8 Å². The van der Waals surface area contributed by atoms with Gasteiger partial charge in [0.1, 0.15) is 0 Å². The largest absolute Gasteiger partial charge is 0.314 e. The lowest BCUT2D eigenvalue weighted by Gasteiger charge is -2.17. The summed E-state index contributed by atoms with van der Waals surface area (Å²) in [6.45, 7) is 3.20. The molecular formula is C15H20N2S. The highest BCUT2D eigenvalue weighted by molar-refractivity contribution is 7.09. The van der Waals surface area contributed by atoms with Crippen molar-refractivity contribution in [3.05, 3.63) is 52.5 Å². The maximum Gasteiger partial charge on any atom is 0.0270 e. The van der Waals surface area contributed by atoms with E-state index < -0.39 is 0 Å². The van der Waals surface area contributed by atoms with E-state index in [0.717, 1.165) is 13.0 Å². The molecular weight excluding hydrogens is 240 g/mol. The summed E-state index contributed by atoms with van der Waals surface area (Å²) in [6.07, 6.45) is 7.19. The molecule has 0 spiro atoms. The van der Waals surface area contributed by atoms with Crippen LogP contribution >= 0.6 is 11.3 Å². The van der Waals surface area contributed by atoms with Crippen LogP contribution in [0.15, 0.2) is 42.0 Å². The summed E-state index contributed by atoms with van der Waals surface area (Å²) in [5.74, 6) is 0. The van der Waals surface area contributed by atoms with E-state index in [0.29, 0.717) is 6.04 Å². The first-order valence-electron chi connectivity index (χ1n) is 6.53. The predicted octanol–water partition coefficient (Wildman–Crippen LogP) is 3.30. The van der Waals surface area contributed by atoms with E-state index in [1.165, 1.54) is 23.3 Å². The van der Waals surface area contributed by atoms with Gasteiger partial charge in [-0.3, -0.25) is 4.98 Å². The lowest BCUT2D eigenvalue weighted by atomic mass is 10.0. The van der Waals surface area contributed by atoms with Crippen molar-refractivity contribution < 1.29 is 0 Å². The molecule has 0 aromatic carbocycles. The SMILES string of the molecule is CCNC(CCc1cccs1)Cc1ccncc1. The molecule has 0 saturated heterocycles. The number of thiophene rings is 1. The van der Waals surface area contributed by atoms with Gasteiger partial charge in [0.2, 0.25) is 0 Å². The van der Waals surface area contributed by atoms with Crippen LogP contribution in [0.25, 0.3) is 0 Å². The lowest BCUT2D eigenvalue weighted by Crippen LogP contribution is -2.31. The minimum Gasteiger partial charge on any atom is -0.314 e. The van der Waals surface area contributed by atoms with Crippen molar-refractivity contribution in [2.24, 2.45) is 0 Å². The quantitative estimate of drug-likeness (QED) is 0.826. The molecule has 2 nitrogen and oxygen atoms in total. The third-order valence-electron chi connectivity index (χ3n) is 3.04. The fourth-order valence-corrected chi connectivity index (χ4v) is 2.86. The summed E-state index contributed by atoms with van der Waals surface area (Å²) >= 11 is 1.85. The normalized spacial score (nSPS) is 12.5. The zero-order valence-electron chi connectivity index (χ0n) is 10.8. The monoisotopic (exact) mass is 260 g/mol. The van der Waals surface area contributed by atoms with Crippen molar-refractivity contribution in [2.75, 3.05) is 6.54 Å². The van der Waals surface area contributed by atoms with Gasteiger partial charge in [-0.2, -0.15) is 0 Å². The number of hydrogen-bond acceptors (Lipinski definition) is 3. The molecule has 0 aliphatic carbocycles. The number of rotatable bonds is 7. The molecule has 2 rings (SSSR count). The van der Waals surface area contributed by atoms with Crippen molar-refractivity contribution in [2.45, 2.75) is 32.2 Å². The highest BCUT2D eigenvalue weighted by atomic mass is 32.1. The first kappa shape index (κ1) is 13.2. The predicted molar refractivity (Wildman–Crippen MR) is 78.0 cm³/mol. The van der Waals surface area contributed by atoms with Crippen LogP contribution in [-0.4, -0.2) is 17.6 Å². The maximum absolute atomic E-state index is 4.07. The molecule has 2 aromatic rings. The van der Waals surface area contributed by atoms with Crippen LogP contribution in [0.3, 0.4) is 0 Å². The Balaban J connectivity index is 1.87. The summed E-state index contributed by atoms with van der Waals surface area (Å²) in [4.78, 5) is 5.55. The Kier molecular flexibility index (Phi) is 5.36. The Bertz CT molecular complexity index is 425. The summed E-state index contributed by atoms with van der Waals surface area (Å²) in [5, 5.41) is 5.73. The molecule has 0 radical (unpaired) electrons. The Labute approximate surface area is 113 Å². The van der Waals surface area contributed by atoms with Crippen molar-refractivity contribution >= 4 is 11.3 Å². The summed E-state index contributed by atoms with van der Waals surface area (Å²) < 4.78 is 0. The zero-order valence-corrected chi connectivity index (χ0v) is 11.6. The number of pyridine rings is 1. The molecule has 0 aliphatic heterocycles. The van der Waals surface area contributed by atoms with Gasteiger partial charge in [0, 0.05) is 23.3 Å². The van der Waals surface area contributed by atoms with Crippen molar-refractivity contribution in [1.82, 2.24) is 10.3 Å². The van der Waals surface area contributed by atoms with Gasteiger partial charge in [0.05, 0.1) is 0 Å². The molecule has 1 N–H and O–H groups in total. The maximum atomic E-state index is 4.07. The molecule has 0 saturated carbocycles. The molecule has 0 aliphatic rings. The first-order chi connectivity index (χ1) is 8.88. The van der Waals surface area contributed by atoms with Crippen molar-refractivity contribution in [3.63, 3.8) is 0 Å². The van der Waals surface area contributed by atoms with Crippen LogP contribution in [0.2, 0.25) is 0 Å². The van der Waals surface area contributed by atoms with Crippen LogP contribution in [0, 0.1) is 0 Å². The number of nitrogens with one attached hydrogen (secondary N) is 1. The van der Waals surface area contributed by atoms with Gasteiger partial charge >= 0.3 is 0 Å². The van der Waals surface area contributed by atoms with Gasteiger partial charge in [-0.05, 0) is 54.9 Å². The van der Waals surface area contributed by atoms with E-state index in [4.69, 9.17) is 0 Å². The van der Waals surface area contributed by atoms with Crippen LogP contribution < -0.4 is 5.32 Å². The van der Waals surface area contributed by atoms with Crippen molar-refractivity contribution in [1.29, 1.82) is 0 Å². The van der Waals surface area contributed by atoms with Gasteiger partial charge in [-0.25, -0.2) is 0 Å². The number of aromatic nitrogens is 1. The van der Waals surface area contributed by atoms with Gasteiger partial charge in [-0.15, -0.1) is 11.3 Å². The van der Waals surface area contributed by atoms with Crippen molar-refractivity contribution in [3.8, 4) is 0 Å². The topological polar surface area (TPSA) is 24.9 Å². The molecule has 2 aromatic heterocycles. The fourth-order valence-electron chi connectivity index (χ4n) is 2.14. The average molecular weight is 260 g/mol. The smallest absolute Gasteiger partial charge is 0.0270 e. The standard InChI is InChI=1S/C15H20N2S/c1-2-17-14(5-6-15-4-3-11-18-15)12-13-7-9-16-10-8-13/h3-4,7-11,14,17H,2,5-6,12H2,1H3. The van der Waals surface area contributed by atoms with E-state index in [9.17, 15) is 0 Å². The zero-order chi connectivity index (χ0) is 12.6. The van der Waals surface area contributed by atoms with Gasteiger partial charge in [0.25, 0.3) is 0 Å². The molecule has 18 heavy (non-hydrogen) atoms. The Morgan fingerprint density at radius 3 is 2.78 bits per heavy atom. The second-order valence-electron chi connectivity index (χ2n) is 4.43. The highest BCUT2D eigenvalue weighted by Crippen LogP contribution is 2.14. The van der Waals surface area contributed by atoms with E-state index in [-0.39, 0.29) is 0 Å². The minimum absolute atomic E-state index is 0.555. The second kappa shape index (κ2) is 7.29. The average Bonchev–Trinajstić information content (AvgIpc) is 2.91. The number of hydrogen-bond donors (Lipinski definition) is 1. The van der Waals surface area contributed by atoms with E-state index in [2.05, 4.69) is 46.9 Å². The van der Waals surface area contributed by atoms with Gasteiger partial charge in [-0.1, -0.05) is 13.0 Å². The summed E-state index contributed by atoms with van der Waals surface area (Å²) in [5.41, 5.74) is 1.36. The second-order valence-corrected chi connectivity index (χ2v) is 5.46. The Hall–Kier alpha value is -1.19. The first-order valence-corrected chi connectivity index (χ1v) is 7.41. The number of nitrogens with zero attached hydrogens (tertiary/aromatic N) is 1. The highest BCUT2D eigenvalue weighted by Gasteiger charge is 2.08. The van der Waals surface area contributed by atoms with Crippen LogP contribution in [0.1, 0.15) is 23.8 Å². The minimum atomic E-state index is 0.555. The Morgan fingerprint density at radius 1 is 1.28 bits per heavy atom. The molecule has 96 valence electrons. The number of aryl methyl sites for hydroxylation is 1. The van der Waals surface area contributed by atoms with Gasteiger partial charge in [0.15, 0.2) is 0 Å². The van der Waals surface area contributed by atoms with Crippen LogP contribution in [0.5, 0.6) is 0 Å². The molecule has 1 unspecified atom stereocenters. The Morgan fingerprint density at radius 2 is 2.11 bits per heavy atom. The third-order valence-corrected chi connectivity index (χ3v) is 3.98. The fraction of sp³-hybridized carbons (Fsp3) is 0.400. The van der Waals surface area contributed by atoms with Gasteiger partial charge < -0.3 is 5.32 Å². The summed E-state index contributed by atoms with van der Waals surface area (Å²) in [7, 11) is 0. The lowest BCUT2D eigenvalue weighted by molar-refractivity contribution is 0.492. The third kappa shape index (κ3) is 4.24. The molecule has 2 heterocycles. The molecule has 0 fully saturated rings. The molecule has 3 heteroatoms. The van der Waals surface area contributed by atoms with E-state index >= 15 is 0 Å². The molecule has 0 amide bonds.